The normalized spacial score (nSPS) is 17.1. The van der Waals surface area contributed by atoms with Crippen LogP contribution in [-0.2, 0) is 4.79 Å². The Kier molecular flexibility index (Phi) is 8.31. The number of halogens is 4. The number of carbonyl (C=O) groups is 1. The molecule has 0 aliphatic carbocycles. The molecule has 2 aromatic rings. The maximum atomic E-state index is 12.7. The van der Waals surface area contributed by atoms with Crippen molar-refractivity contribution in [2.45, 2.75) is 38.2 Å². The van der Waals surface area contributed by atoms with E-state index in [1.807, 2.05) is 19.0 Å². The first-order valence-electron chi connectivity index (χ1n) is 10.6. The summed E-state index contributed by atoms with van der Waals surface area (Å²) >= 11 is 6.37. The number of ether oxygens (including phenoxy) is 1. The summed E-state index contributed by atoms with van der Waals surface area (Å²) in [5, 5.41) is 8.85. The summed E-state index contributed by atoms with van der Waals surface area (Å²) in [7, 11) is 3.84. The highest BCUT2D eigenvalue weighted by molar-refractivity contribution is 6.33. The van der Waals surface area contributed by atoms with Crippen molar-refractivity contribution in [3.8, 4) is 16.9 Å². The Morgan fingerprint density at radius 3 is 2.64 bits per heavy atom. The standard InChI is InChI=1S/C23H26ClF3N4O2/c1-30(2)14-12-22(32)31-13-6-5-9-21(31)29-28-16-10-11-17(19(24)15-16)18-7-3-4-8-20(18)33-23(25,26)27/h3-4,7-8,10-11,15,21H,5-6,9,12-14H2,1-2H3/b29-28+. The van der Waals surface area contributed by atoms with Gasteiger partial charge in [-0.05, 0) is 51.6 Å². The SMILES string of the molecule is CN(C)CCC(=O)N1CCCCC1/N=N/c1ccc(-c2ccccc2OC(F)(F)F)c(Cl)c1. The van der Waals surface area contributed by atoms with Gasteiger partial charge in [0.05, 0.1) is 10.7 Å². The van der Waals surface area contributed by atoms with Crippen LogP contribution >= 0.6 is 11.6 Å². The highest BCUT2D eigenvalue weighted by Gasteiger charge is 2.32. The van der Waals surface area contributed by atoms with Crippen molar-refractivity contribution >= 4 is 23.2 Å². The van der Waals surface area contributed by atoms with Crippen LogP contribution in [0.4, 0.5) is 18.9 Å². The molecule has 3 rings (SSSR count). The van der Waals surface area contributed by atoms with Crippen LogP contribution in [0.25, 0.3) is 11.1 Å². The minimum Gasteiger partial charge on any atom is -0.405 e. The molecule has 1 fully saturated rings. The fourth-order valence-corrected chi connectivity index (χ4v) is 3.89. The van der Waals surface area contributed by atoms with E-state index in [0.717, 1.165) is 19.3 Å². The molecular formula is C23H26ClF3N4O2. The molecule has 1 unspecified atom stereocenters. The first-order chi connectivity index (χ1) is 15.6. The van der Waals surface area contributed by atoms with Gasteiger partial charge in [0.2, 0.25) is 5.91 Å². The van der Waals surface area contributed by atoms with E-state index in [0.29, 0.717) is 30.8 Å². The molecule has 1 aliphatic rings. The average Bonchev–Trinajstić information content (AvgIpc) is 2.76. The number of para-hydroxylation sites is 1. The summed E-state index contributed by atoms with van der Waals surface area (Å²) in [6, 6.07) is 10.5. The van der Waals surface area contributed by atoms with Gasteiger partial charge in [-0.3, -0.25) is 4.79 Å². The number of alkyl halides is 3. The topological polar surface area (TPSA) is 57.5 Å². The van der Waals surface area contributed by atoms with E-state index in [4.69, 9.17) is 11.6 Å². The van der Waals surface area contributed by atoms with Crippen molar-refractivity contribution in [2.24, 2.45) is 10.2 Å². The fourth-order valence-electron chi connectivity index (χ4n) is 3.61. The molecular weight excluding hydrogens is 457 g/mol. The van der Waals surface area contributed by atoms with E-state index in [1.165, 1.54) is 24.3 Å². The number of rotatable bonds is 7. The molecule has 178 valence electrons. The number of nitrogens with zero attached hydrogens (tertiary/aromatic N) is 4. The van der Waals surface area contributed by atoms with Gasteiger partial charge in [-0.25, -0.2) is 0 Å². The number of amides is 1. The molecule has 0 radical (unpaired) electrons. The second-order valence-corrected chi connectivity index (χ2v) is 8.45. The summed E-state index contributed by atoms with van der Waals surface area (Å²) in [4.78, 5) is 16.3. The van der Waals surface area contributed by atoms with Gasteiger partial charge in [0.1, 0.15) is 11.9 Å². The monoisotopic (exact) mass is 482 g/mol. The second-order valence-electron chi connectivity index (χ2n) is 8.04. The van der Waals surface area contributed by atoms with Crippen molar-refractivity contribution in [2.75, 3.05) is 27.2 Å². The lowest BCUT2D eigenvalue weighted by atomic mass is 10.0. The minimum atomic E-state index is -4.81. The van der Waals surface area contributed by atoms with Gasteiger partial charge in [-0.2, -0.15) is 10.2 Å². The molecule has 1 heterocycles. The van der Waals surface area contributed by atoms with E-state index in [9.17, 15) is 18.0 Å². The zero-order chi connectivity index (χ0) is 24.0. The number of piperidine rings is 1. The number of hydrogen-bond acceptors (Lipinski definition) is 5. The molecule has 1 atom stereocenters. The summed E-state index contributed by atoms with van der Waals surface area (Å²) in [5.41, 5.74) is 1.05. The first kappa shape index (κ1) is 25.0. The van der Waals surface area contributed by atoms with Crippen LogP contribution in [-0.4, -0.2) is 55.4 Å². The molecule has 2 aromatic carbocycles. The Morgan fingerprint density at radius 1 is 1.18 bits per heavy atom. The van der Waals surface area contributed by atoms with Crippen LogP contribution in [0.5, 0.6) is 5.75 Å². The summed E-state index contributed by atoms with van der Waals surface area (Å²) in [6.45, 7) is 1.31. The zero-order valence-electron chi connectivity index (χ0n) is 18.5. The molecule has 0 spiro atoms. The molecule has 1 saturated heterocycles. The van der Waals surface area contributed by atoms with E-state index < -0.39 is 6.36 Å². The smallest absolute Gasteiger partial charge is 0.405 e. The number of likely N-dealkylation sites (tertiary alicyclic amines) is 1. The summed E-state index contributed by atoms with van der Waals surface area (Å²) in [5.74, 6) is -0.294. The predicted octanol–water partition coefficient (Wildman–Crippen LogP) is 6.28. The third kappa shape index (κ3) is 7.17. The molecule has 1 amide bonds. The number of benzene rings is 2. The van der Waals surface area contributed by atoms with Gasteiger partial charge in [0, 0.05) is 30.6 Å². The zero-order valence-corrected chi connectivity index (χ0v) is 19.2. The Labute approximate surface area is 196 Å². The highest BCUT2D eigenvalue weighted by atomic mass is 35.5. The quantitative estimate of drug-likeness (QED) is 0.436. The van der Waals surface area contributed by atoms with Crippen LogP contribution < -0.4 is 4.74 Å². The molecule has 10 heteroatoms. The van der Waals surface area contributed by atoms with Crippen molar-refractivity contribution in [1.29, 1.82) is 0 Å². The van der Waals surface area contributed by atoms with E-state index >= 15 is 0 Å². The predicted molar refractivity (Wildman–Crippen MR) is 121 cm³/mol. The lowest BCUT2D eigenvalue weighted by Gasteiger charge is -2.32. The Morgan fingerprint density at radius 2 is 1.94 bits per heavy atom. The number of azo groups is 1. The van der Waals surface area contributed by atoms with Gasteiger partial charge in [-0.1, -0.05) is 35.9 Å². The second kappa shape index (κ2) is 11.0. The van der Waals surface area contributed by atoms with Gasteiger partial charge in [-0.15, -0.1) is 13.2 Å². The van der Waals surface area contributed by atoms with Gasteiger partial charge < -0.3 is 14.5 Å². The Bertz CT molecular complexity index is 998. The van der Waals surface area contributed by atoms with Crippen molar-refractivity contribution in [1.82, 2.24) is 9.80 Å². The van der Waals surface area contributed by atoms with Crippen LogP contribution in [0, 0.1) is 0 Å². The maximum absolute atomic E-state index is 12.7. The first-order valence-corrected chi connectivity index (χ1v) is 11.0. The van der Waals surface area contributed by atoms with Gasteiger partial charge in [0.25, 0.3) is 0 Å². The summed E-state index contributed by atoms with van der Waals surface area (Å²) < 4.78 is 42.4. The fraction of sp³-hybridized carbons (Fsp3) is 0.435. The van der Waals surface area contributed by atoms with Crippen molar-refractivity contribution in [3.63, 3.8) is 0 Å². The third-order valence-corrected chi connectivity index (χ3v) is 5.54. The Balaban J connectivity index is 1.77. The van der Waals surface area contributed by atoms with Crippen LogP contribution in [0.3, 0.4) is 0 Å². The van der Waals surface area contributed by atoms with Crippen molar-refractivity contribution < 1.29 is 22.7 Å². The Hall–Kier alpha value is -2.65. The largest absolute Gasteiger partial charge is 0.573 e. The average molecular weight is 483 g/mol. The molecule has 6 nitrogen and oxygen atoms in total. The number of carbonyl (C=O) groups excluding carboxylic acids is 1. The molecule has 1 aliphatic heterocycles. The molecule has 0 N–H and O–H groups in total. The van der Waals surface area contributed by atoms with E-state index in [-0.39, 0.29) is 28.4 Å². The van der Waals surface area contributed by atoms with Crippen molar-refractivity contribution in [3.05, 3.63) is 47.5 Å². The van der Waals surface area contributed by atoms with E-state index in [2.05, 4.69) is 15.0 Å². The van der Waals surface area contributed by atoms with Crippen LogP contribution in [0.1, 0.15) is 25.7 Å². The highest BCUT2D eigenvalue weighted by Crippen LogP contribution is 2.38. The molecule has 0 saturated carbocycles. The molecule has 0 bridgehead atoms. The minimum absolute atomic E-state index is 0.0435. The lowest BCUT2D eigenvalue weighted by molar-refractivity contribution is -0.274. The van der Waals surface area contributed by atoms with Crippen LogP contribution in [0.15, 0.2) is 52.7 Å². The lowest BCUT2D eigenvalue weighted by Crippen LogP contribution is -2.43. The van der Waals surface area contributed by atoms with E-state index in [1.54, 1.807) is 23.1 Å². The summed E-state index contributed by atoms with van der Waals surface area (Å²) in [6.07, 6.45) is -2.12. The molecule has 33 heavy (non-hydrogen) atoms. The maximum Gasteiger partial charge on any atom is 0.573 e. The third-order valence-electron chi connectivity index (χ3n) is 5.23. The van der Waals surface area contributed by atoms with Crippen LogP contribution in [0.2, 0.25) is 5.02 Å². The van der Waals surface area contributed by atoms with Gasteiger partial charge >= 0.3 is 6.36 Å². The number of hydrogen-bond donors (Lipinski definition) is 0. The van der Waals surface area contributed by atoms with Gasteiger partial charge in [0.15, 0.2) is 0 Å². The molecule has 0 aromatic heterocycles.